The van der Waals surface area contributed by atoms with E-state index in [1.165, 1.54) is 4.88 Å². The van der Waals surface area contributed by atoms with Crippen molar-refractivity contribution in [3.63, 3.8) is 0 Å². The van der Waals surface area contributed by atoms with Crippen LogP contribution in [0.1, 0.15) is 33.6 Å². The van der Waals surface area contributed by atoms with Gasteiger partial charge in [-0.3, -0.25) is 9.59 Å². The van der Waals surface area contributed by atoms with Gasteiger partial charge in [0.2, 0.25) is 5.91 Å². The maximum Gasteiger partial charge on any atom is 0.251 e. The van der Waals surface area contributed by atoms with Gasteiger partial charge in [-0.1, -0.05) is 30.3 Å². The lowest BCUT2D eigenvalue weighted by Crippen LogP contribution is -2.52. The number of aryl methyl sites for hydroxylation is 3. The third kappa shape index (κ3) is 4.47. The summed E-state index contributed by atoms with van der Waals surface area (Å²) in [4.78, 5) is 30.0. The molecule has 1 fully saturated rings. The molecule has 1 aromatic carbocycles. The van der Waals surface area contributed by atoms with Crippen molar-refractivity contribution in [1.29, 1.82) is 0 Å². The number of carbonyl (C=O) groups excluding carboxylic acids is 2. The van der Waals surface area contributed by atoms with Gasteiger partial charge in [-0.05, 0) is 25.8 Å². The quantitative estimate of drug-likeness (QED) is 0.760. The molecule has 0 bridgehead atoms. The molecule has 2 N–H and O–H groups in total. The highest BCUT2D eigenvalue weighted by Gasteiger charge is 2.35. The lowest BCUT2D eigenvalue weighted by atomic mass is 9.99. The standard InChI is InChI=1S/C19H23N3O3S/c1-12-13(2)26-16(21-12)9-6-10-20-19(24)18-17(22-15(23)11-25-18)14-7-4-3-5-8-14/h3-5,7-8,17-18H,6,9-11H2,1-2H3,(H,20,24)(H,22,23)/t17-,18+/m1/s1. The fraction of sp³-hybridized carbons (Fsp3) is 0.421. The molecule has 26 heavy (non-hydrogen) atoms. The Hall–Kier alpha value is -2.25. The molecular weight excluding hydrogens is 350 g/mol. The van der Waals surface area contributed by atoms with Crippen molar-refractivity contribution >= 4 is 23.2 Å². The zero-order valence-corrected chi connectivity index (χ0v) is 15.8. The second kappa shape index (κ2) is 8.42. The summed E-state index contributed by atoms with van der Waals surface area (Å²) in [6.07, 6.45) is 0.927. The molecule has 0 aliphatic carbocycles. The van der Waals surface area contributed by atoms with Crippen molar-refractivity contribution in [2.45, 2.75) is 38.8 Å². The molecule has 0 unspecified atom stereocenters. The first-order chi connectivity index (χ1) is 12.5. The van der Waals surface area contributed by atoms with Gasteiger partial charge in [0.25, 0.3) is 5.91 Å². The Morgan fingerprint density at radius 1 is 1.35 bits per heavy atom. The molecule has 3 rings (SSSR count). The van der Waals surface area contributed by atoms with E-state index in [1.54, 1.807) is 11.3 Å². The van der Waals surface area contributed by atoms with E-state index >= 15 is 0 Å². The second-order valence-electron chi connectivity index (χ2n) is 6.33. The average Bonchev–Trinajstić information content (AvgIpc) is 2.97. The minimum absolute atomic E-state index is 0.0981. The van der Waals surface area contributed by atoms with Gasteiger partial charge in [-0.25, -0.2) is 4.98 Å². The largest absolute Gasteiger partial charge is 0.356 e. The minimum atomic E-state index is -0.723. The van der Waals surface area contributed by atoms with Crippen LogP contribution in [-0.4, -0.2) is 36.1 Å². The zero-order chi connectivity index (χ0) is 18.5. The van der Waals surface area contributed by atoms with Crippen LogP contribution in [0.4, 0.5) is 0 Å². The number of thiazole rings is 1. The number of aromatic nitrogens is 1. The lowest BCUT2D eigenvalue weighted by Gasteiger charge is -2.31. The van der Waals surface area contributed by atoms with E-state index in [2.05, 4.69) is 22.5 Å². The fourth-order valence-corrected chi connectivity index (χ4v) is 3.87. The van der Waals surface area contributed by atoms with Crippen LogP contribution in [0.2, 0.25) is 0 Å². The van der Waals surface area contributed by atoms with Crippen LogP contribution in [-0.2, 0) is 20.7 Å². The van der Waals surface area contributed by atoms with E-state index in [4.69, 9.17) is 4.74 Å². The summed E-state index contributed by atoms with van der Waals surface area (Å²) in [5.41, 5.74) is 1.93. The number of morpholine rings is 1. The van der Waals surface area contributed by atoms with E-state index in [9.17, 15) is 9.59 Å². The van der Waals surface area contributed by atoms with E-state index in [0.29, 0.717) is 6.54 Å². The normalized spacial score (nSPS) is 19.8. The summed E-state index contributed by atoms with van der Waals surface area (Å²) in [6.45, 7) is 4.52. The molecule has 7 heteroatoms. The number of nitrogens with one attached hydrogen (secondary N) is 2. The highest BCUT2D eigenvalue weighted by atomic mass is 32.1. The Kier molecular flexibility index (Phi) is 6.00. The van der Waals surface area contributed by atoms with Crippen molar-refractivity contribution in [2.24, 2.45) is 0 Å². The van der Waals surface area contributed by atoms with E-state index in [0.717, 1.165) is 29.1 Å². The van der Waals surface area contributed by atoms with Crippen LogP contribution in [0.15, 0.2) is 30.3 Å². The van der Waals surface area contributed by atoms with Crippen molar-refractivity contribution in [2.75, 3.05) is 13.2 Å². The Balaban J connectivity index is 1.54. The molecular formula is C19H23N3O3S. The number of ether oxygens (including phenoxy) is 1. The summed E-state index contributed by atoms with van der Waals surface area (Å²) in [7, 11) is 0. The molecule has 2 atom stereocenters. The van der Waals surface area contributed by atoms with Crippen molar-refractivity contribution in [1.82, 2.24) is 15.6 Å². The van der Waals surface area contributed by atoms with E-state index < -0.39 is 12.1 Å². The number of carbonyl (C=O) groups is 2. The van der Waals surface area contributed by atoms with E-state index in [-0.39, 0.29) is 18.4 Å². The van der Waals surface area contributed by atoms with Crippen molar-refractivity contribution in [3.8, 4) is 0 Å². The highest BCUT2D eigenvalue weighted by molar-refractivity contribution is 7.11. The van der Waals surface area contributed by atoms with Gasteiger partial charge >= 0.3 is 0 Å². The molecule has 1 aromatic heterocycles. The lowest BCUT2D eigenvalue weighted by molar-refractivity contribution is -0.148. The predicted octanol–water partition coefficient (Wildman–Crippen LogP) is 2.07. The van der Waals surface area contributed by atoms with Crippen LogP contribution in [0.3, 0.4) is 0 Å². The molecule has 6 nitrogen and oxygen atoms in total. The molecule has 138 valence electrons. The van der Waals surface area contributed by atoms with E-state index in [1.807, 2.05) is 37.3 Å². The number of hydrogen-bond acceptors (Lipinski definition) is 5. The SMILES string of the molecule is Cc1nc(CCCNC(=O)[C@H]2OCC(=O)N[C@@H]2c2ccccc2)sc1C. The summed E-state index contributed by atoms with van der Waals surface area (Å²) in [5, 5.41) is 6.87. The fourth-order valence-electron chi connectivity index (χ4n) is 2.90. The Bertz CT molecular complexity index is 756. The first-order valence-electron chi connectivity index (χ1n) is 8.71. The van der Waals surface area contributed by atoms with Crippen LogP contribution in [0, 0.1) is 13.8 Å². The topological polar surface area (TPSA) is 80.3 Å². The number of rotatable bonds is 6. The van der Waals surface area contributed by atoms with Crippen LogP contribution < -0.4 is 10.6 Å². The molecule has 2 aromatic rings. The first kappa shape index (κ1) is 18.5. The Morgan fingerprint density at radius 2 is 2.12 bits per heavy atom. The van der Waals surface area contributed by atoms with Gasteiger partial charge in [0, 0.05) is 17.8 Å². The van der Waals surface area contributed by atoms with Gasteiger partial charge in [0.15, 0.2) is 6.10 Å². The maximum atomic E-state index is 12.6. The van der Waals surface area contributed by atoms with Gasteiger partial charge in [-0.2, -0.15) is 0 Å². The molecule has 0 radical (unpaired) electrons. The van der Waals surface area contributed by atoms with Crippen molar-refractivity contribution in [3.05, 3.63) is 51.5 Å². The number of hydrogen-bond donors (Lipinski definition) is 2. The van der Waals surface area contributed by atoms with Crippen LogP contribution in [0.5, 0.6) is 0 Å². The molecule has 1 saturated heterocycles. The number of benzene rings is 1. The molecule has 1 aliphatic rings. The number of nitrogens with zero attached hydrogens (tertiary/aromatic N) is 1. The average molecular weight is 373 g/mol. The zero-order valence-electron chi connectivity index (χ0n) is 15.0. The van der Waals surface area contributed by atoms with Gasteiger partial charge in [0.05, 0.1) is 16.7 Å². The first-order valence-corrected chi connectivity index (χ1v) is 9.53. The Labute approximate surface area is 157 Å². The van der Waals surface area contributed by atoms with Crippen molar-refractivity contribution < 1.29 is 14.3 Å². The van der Waals surface area contributed by atoms with Gasteiger partial charge in [-0.15, -0.1) is 11.3 Å². The summed E-state index contributed by atoms with van der Waals surface area (Å²) < 4.78 is 5.52. The second-order valence-corrected chi connectivity index (χ2v) is 7.62. The highest BCUT2D eigenvalue weighted by Crippen LogP contribution is 2.22. The third-order valence-electron chi connectivity index (χ3n) is 4.37. The molecule has 2 heterocycles. The van der Waals surface area contributed by atoms with Crippen LogP contribution in [0.25, 0.3) is 0 Å². The monoisotopic (exact) mass is 373 g/mol. The Morgan fingerprint density at radius 3 is 2.81 bits per heavy atom. The molecule has 1 aliphatic heterocycles. The maximum absolute atomic E-state index is 12.6. The molecule has 0 spiro atoms. The number of amides is 2. The van der Waals surface area contributed by atoms with Crippen LogP contribution >= 0.6 is 11.3 Å². The minimum Gasteiger partial charge on any atom is -0.356 e. The molecule has 0 saturated carbocycles. The molecule has 2 amide bonds. The summed E-state index contributed by atoms with van der Waals surface area (Å²) in [6, 6.07) is 8.94. The summed E-state index contributed by atoms with van der Waals surface area (Å²) >= 11 is 1.70. The predicted molar refractivity (Wildman–Crippen MR) is 100.0 cm³/mol. The van der Waals surface area contributed by atoms with Gasteiger partial charge in [0.1, 0.15) is 6.61 Å². The summed E-state index contributed by atoms with van der Waals surface area (Å²) in [5.74, 6) is -0.414. The van der Waals surface area contributed by atoms with Gasteiger partial charge < -0.3 is 15.4 Å². The smallest absolute Gasteiger partial charge is 0.251 e. The third-order valence-corrected chi connectivity index (χ3v) is 5.50.